The Morgan fingerprint density at radius 3 is 2.21 bits per heavy atom. The summed E-state index contributed by atoms with van der Waals surface area (Å²) in [5.74, 6) is -0.990. The van der Waals surface area contributed by atoms with Crippen molar-refractivity contribution in [3.05, 3.63) is 42.5 Å². The molecule has 0 aliphatic heterocycles. The van der Waals surface area contributed by atoms with Crippen molar-refractivity contribution in [1.29, 1.82) is 0 Å². The van der Waals surface area contributed by atoms with E-state index in [2.05, 4.69) is 39.4 Å². The van der Waals surface area contributed by atoms with Crippen LogP contribution in [-0.4, -0.2) is 70.7 Å². The molecule has 8 N–H and O–H groups in total. The first-order chi connectivity index (χ1) is 18.0. The van der Waals surface area contributed by atoms with Crippen LogP contribution in [0.15, 0.2) is 47.4 Å². The number of nitrogen functional groups attached to an aromatic ring is 1. The average molecular weight is 550 g/mol. The molecule has 0 heterocycles. The molecule has 0 saturated heterocycles. The lowest BCUT2D eigenvalue weighted by Crippen LogP contribution is -2.41. The third-order valence-electron chi connectivity index (χ3n) is 5.52. The van der Waals surface area contributed by atoms with Gasteiger partial charge >= 0.3 is 0 Å². The van der Waals surface area contributed by atoms with Crippen LogP contribution in [0.25, 0.3) is 0 Å². The molecule has 13 heteroatoms. The highest BCUT2D eigenvalue weighted by Crippen LogP contribution is 2.25. The number of anilines is 4. The van der Waals surface area contributed by atoms with E-state index in [1.54, 1.807) is 37.4 Å². The number of hydrogen-bond acceptors (Lipinski definition) is 9. The van der Waals surface area contributed by atoms with Gasteiger partial charge in [-0.1, -0.05) is 13.8 Å². The molecule has 2 rings (SSSR count). The molecule has 1 unspecified atom stereocenters. The number of nitrogens with two attached hydrogens (primary N) is 2. The summed E-state index contributed by atoms with van der Waals surface area (Å²) in [6.45, 7) is 8.77. The lowest BCUT2D eigenvalue weighted by Gasteiger charge is -2.17. The fraction of sp³-hybridized carbons (Fsp3) is 0.400. The maximum absolute atomic E-state index is 12.0. The molecule has 210 valence electrons. The molecule has 0 fully saturated rings. The van der Waals surface area contributed by atoms with E-state index < -0.39 is 27.8 Å². The van der Waals surface area contributed by atoms with Crippen molar-refractivity contribution < 1.29 is 22.8 Å². The maximum atomic E-state index is 12.0. The molecular formula is C25H39N7O5S. The highest BCUT2D eigenvalue weighted by atomic mass is 32.2. The lowest BCUT2D eigenvalue weighted by molar-refractivity contribution is -0.126. The lowest BCUT2D eigenvalue weighted by atomic mass is 10.2. The quantitative estimate of drug-likeness (QED) is 0.0876. The van der Waals surface area contributed by atoms with Crippen molar-refractivity contribution in [2.45, 2.75) is 38.1 Å². The van der Waals surface area contributed by atoms with Crippen LogP contribution in [0.5, 0.6) is 0 Å². The molecule has 38 heavy (non-hydrogen) atoms. The van der Waals surface area contributed by atoms with Crippen LogP contribution in [0.2, 0.25) is 0 Å². The van der Waals surface area contributed by atoms with Crippen molar-refractivity contribution in [2.24, 2.45) is 5.73 Å². The summed E-state index contributed by atoms with van der Waals surface area (Å²) in [5.41, 5.74) is 13.2. The second kappa shape index (κ2) is 16.3. The second-order valence-corrected chi connectivity index (χ2v) is 9.96. The Bertz CT molecular complexity index is 1150. The van der Waals surface area contributed by atoms with Crippen molar-refractivity contribution in [1.82, 2.24) is 9.62 Å². The maximum Gasteiger partial charge on any atom is 0.248 e. The van der Waals surface area contributed by atoms with E-state index in [1.807, 2.05) is 0 Å². The summed E-state index contributed by atoms with van der Waals surface area (Å²) >= 11 is 0. The van der Waals surface area contributed by atoms with Crippen LogP contribution in [-0.2, 0) is 24.4 Å². The second-order valence-electron chi connectivity index (χ2n) is 8.20. The number of nitrogens with zero attached hydrogens (tertiary/aromatic N) is 1. The minimum atomic E-state index is -3.41. The van der Waals surface area contributed by atoms with Crippen LogP contribution in [0.3, 0.4) is 0 Å². The average Bonchev–Trinajstić information content (AvgIpc) is 2.89. The molecule has 0 radical (unpaired) electrons. The van der Waals surface area contributed by atoms with Crippen molar-refractivity contribution in [3.8, 4) is 0 Å². The summed E-state index contributed by atoms with van der Waals surface area (Å²) in [6.07, 6.45) is 1.36. The Hall–Kier alpha value is -3.52. The SMILES string of the molecule is CCN(CC)CCCNS(=O)(=O)c1ccc(N)cc1.CNc1cc(NC(=O)C(N)C(C)=O)ccc1NC=O. The van der Waals surface area contributed by atoms with E-state index in [0.29, 0.717) is 35.7 Å². The summed E-state index contributed by atoms with van der Waals surface area (Å²) in [5, 5.41) is 7.92. The van der Waals surface area contributed by atoms with Gasteiger partial charge in [0.15, 0.2) is 5.78 Å². The van der Waals surface area contributed by atoms with Gasteiger partial charge in [0.05, 0.1) is 16.3 Å². The Morgan fingerprint density at radius 2 is 1.68 bits per heavy atom. The molecule has 12 nitrogen and oxygen atoms in total. The zero-order valence-electron chi connectivity index (χ0n) is 22.3. The number of rotatable bonds is 14. The predicted octanol–water partition coefficient (Wildman–Crippen LogP) is 1.43. The van der Waals surface area contributed by atoms with E-state index in [-0.39, 0.29) is 4.90 Å². The van der Waals surface area contributed by atoms with E-state index in [0.717, 1.165) is 26.1 Å². The first kappa shape index (κ1) is 32.5. The van der Waals surface area contributed by atoms with Gasteiger partial charge in [-0.2, -0.15) is 0 Å². The minimum Gasteiger partial charge on any atom is -0.399 e. The molecule has 2 aromatic carbocycles. The summed E-state index contributed by atoms with van der Waals surface area (Å²) < 4.78 is 26.5. The molecule has 1 atom stereocenters. The summed E-state index contributed by atoms with van der Waals surface area (Å²) in [6, 6.07) is 9.85. The Balaban J connectivity index is 0.000000380. The van der Waals surface area contributed by atoms with E-state index in [9.17, 15) is 22.8 Å². The van der Waals surface area contributed by atoms with Gasteiger partial charge in [0, 0.05) is 25.0 Å². The van der Waals surface area contributed by atoms with Gasteiger partial charge in [-0.05, 0) is 75.4 Å². The zero-order valence-corrected chi connectivity index (χ0v) is 23.1. The van der Waals surface area contributed by atoms with Gasteiger partial charge < -0.3 is 32.3 Å². The Labute approximate surface area is 224 Å². The number of carbonyl (C=O) groups is 3. The number of amides is 2. The molecule has 0 aliphatic rings. The zero-order chi connectivity index (χ0) is 28.7. The Kier molecular flexibility index (Phi) is 14.0. The number of carbonyl (C=O) groups excluding carboxylic acids is 3. The normalized spacial score (nSPS) is 11.6. The number of hydrogen-bond donors (Lipinski definition) is 6. The highest BCUT2D eigenvalue weighted by molar-refractivity contribution is 7.89. The van der Waals surface area contributed by atoms with Gasteiger partial charge in [0.2, 0.25) is 22.3 Å². The highest BCUT2D eigenvalue weighted by Gasteiger charge is 2.18. The molecule has 2 aromatic rings. The molecule has 0 saturated carbocycles. The predicted molar refractivity (Wildman–Crippen MR) is 151 cm³/mol. The van der Waals surface area contributed by atoms with Gasteiger partial charge in [-0.3, -0.25) is 14.4 Å². The minimum absolute atomic E-state index is 0.254. The van der Waals surface area contributed by atoms with Gasteiger partial charge in [0.1, 0.15) is 6.04 Å². The molecule has 0 aliphatic carbocycles. The molecule has 0 aromatic heterocycles. The van der Waals surface area contributed by atoms with Gasteiger partial charge in [-0.25, -0.2) is 13.1 Å². The van der Waals surface area contributed by atoms with Crippen molar-refractivity contribution in [2.75, 3.05) is 54.9 Å². The van der Waals surface area contributed by atoms with Crippen molar-refractivity contribution >= 4 is 50.9 Å². The van der Waals surface area contributed by atoms with Gasteiger partial charge in [0.25, 0.3) is 0 Å². The molecule has 0 bridgehead atoms. The van der Waals surface area contributed by atoms with Crippen LogP contribution < -0.4 is 32.1 Å². The van der Waals surface area contributed by atoms with Crippen LogP contribution in [0.1, 0.15) is 27.2 Å². The fourth-order valence-corrected chi connectivity index (χ4v) is 4.28. The number of Topliss-reactive ketones (excluding diaryl/α,β-unsaturated/α-hetero) is 1. The summed E-state index contributed by atoms with van der Waals surface area (Å²) in [7, 11) is -1.73. The first-order valence-electron chi connectivity index (χ1n) is 12.1. The smallest absolute Gasteiger partial charge is 0.248 e. The number of ketones is 1. The third kappa shape index (κ3) is 10.8. The fourth-order valence-electron chi connectivity index (χ4n) is 3.20. The largest absolute Gasteiger partial charge is 0.399 e. The van der Waals surface area contributed by atoms with Crippen LogP contribution in [0, 0.1) is 0 Å². The molecular weight excluding hydrogens is 510 g/mol. The van der Waals surface area contributed by atoms with E-state index in [1.165, 1.54) is 19.1 Å². The Morgan fingerprint density at radius 1 is 1.05 bits per heavy atom. The first-order valence-corrected chi connectivity index (χ1v) is 13.6. The monoisotopic (exact) mass is 549 g/mol. The van der Waals surface area contributed by atoms with E-state index >= 15 is 0 Å². The molecule has 0 spiro atoms. The van der Waals surface area contributed by atoms with Gasteiger partial charge in [-0.15, -0.1) is 0 Å². The topological polar surface area (TPSA) is 189 Å². The van der Waals surface area contributed by atoms with E-state index in [4.69, 9.17) is 11.5 Å². The van der Waals surface area contributed by atoms with Crippen LogP contribution in [0.4, 0.5) is 22.7 Å². The number of benzene rings is 2. The third-order valence-corrected chi connectivity index (χ3v) is 7.00. The standard InChI is InChI=1S/C13H23N3O2S.C12H16N4O3/c1-3-16(4-2)11-5-10-15-19(17,18)13-8-6-12(14)7-9-13;1-7(18)11(13)12(19)16-8-3-4-9(15-6-17)10(5-8)14-2/h6-9,15H,3-5,10-11,14H2,1-2H3;3-6,11,14H,13H2,1-2H3,(H,15,17)(H,16,19). The summed E-state index contributed by atoms with van der Waals surface area (Å²) in [4.78, 5) is 35.5. The number of nitrogens with one attached hydrogen (secondary N) is 4. The number of sulfonamides is 1. The van der Waals surface area contributed by atoms with Crippen molar-refractivity contribution in [3.63, 3.8) is 0 Å². The van der Waals surface area contributed by atoms with Crippen LogP contribution >= 0.6 is 0 Å². The molecule has 2 amide bonds.